The summed E-state index contributed by atoms with van der Waals surface area (Å²) < 4.78 is 29.5. The van der Waals surface area contributed by atoms with Gasteiger partial charge in [0, 0.05) is 11.8 Å². The summed E-state index contributed by atoms with van der Waals surface area (Å²) in [7, 11) is 1.14. The molecule has 1 heterocycles. The van der Waals surface area contributed by atoms with Crippen LogP contribution in [0.1, 0.15) is 17.6 Å². The van der Waals surface area contributed by atoms with Gasteiger partial charge in [0.25, 0.3) is 12.0 Å². The predicted octanol–water partition coefficient (Wildman–Crippen LogP) is 1.79. The number of hydrogen-bond donors (Lipinski definition) is 1. The second-order valence-corrected chi connectivity index (χ2v) is 3.71. The van der Waals surface area contributed by atoms with E-state index in [9.17, 15) is 18.4 Å². The van der Waals surface area contributed by atoms with Crippen molar-refractivity contribution in [2.45, 2.75) is 12.8 Å². The van der Waals surface area contributed by atoms with Crippen LogP contribution in [-0.4, -0.2) is 18.1 Å². The third-order valence-electron chi connectivity index (χ3n) is 1.96. The molecule has 0 aliphatic rings. The minimum absolute atomic E-state index is 0.0504. The van der Waals surface area contributed by atoms with Crippen molar-refractivity contribution in [1.82, 2.24) is 4.98 Å². The van der Waals surface area contributed by atoms with Crippen LogP contribution in [0.15, 0.2) is 15.5 Å². The first kappa shape index (κ1) is 12.8. The number of carbonyl (C=O) groups excluding carboxylic acids is 1. The number of aromatic nitrogens is 1. The Bertz CT molecular complexity index is 459. The molecule has 0 amide bonds. The van der Waals surface area contributed by atoms with Gasteiger partial charge in [-0.1, -0.05) is 0 Å². The van der Waals surface area contributed by atoms with Gasteiger partial charge in [0.2, 0.25) is 0 Å². The average Bonchev–Trinajstić information content (AvgIpc) is 2.24. The summed E-state index contributed by atoms with van der Waals surface area (Å²) in [5, 5.41) is 0. The Balaban J connectivity index is 3.26. The number of carbonyl (C=O) groups is 1. The van der Waals surface area contributed by atoms with Crippen molar-refractivity contribution in [3.05, 3.63) is 32.2 Å². The highest BCUT2D eigenvalue weighted by molar-refractivity contribution is 9.10. The van der Waals surface area contributed by atoms with Gasteiger partial charge in [0.15, 0.2) is 0 Å². The lowest BCUT2D eigenvalue weighted by atomic mass is 10.1. The van der Waals surface area contributed by atoms with Gasteiger partial charge in [0.05, 0.1) is 18.0 Å². The maximum atomic E-state index is 12.6. The molecule has 4 nitrogen and oxygen atoms in total. The van der Waals surface area contributed by atoms with Crippen molar-refractivity contribution in [2.24, 2.45) is 0 Å². The van der Waals surface area contributed by atoms with E-state index in [-0.39, 0.29) is 16.5 Å². The van der Waals surface area contributed by atoms with E-state index in [1.54, 1.807) is 0 Å². The highest BCUT2D eigenvalue weighted by Gasteiger charge is 2.20. The smallest absolute Gasteiger partial charge is 0.310 e. The van der Waals surface area contributed by atoms with Gasteiger partial charge in [-0.05, 0) is 21.5 Å². The van der Waals surface area contributed by atoms with E-state index < -0.39 is 23.5 Å². The molecule has 0 unspecified atom stereocenters. The summed E-state index contributed by atoms with van der Waals surface area (Å²) in [5.41, 5.74) is -1.01. The van der Waals surface area contributed by atoms with Gasteiger partial charge >= 0.3 is 5.97 Å². The van der Waals surface area contributed by atoms with Crippen molar-refractivity contribution in [1.29, 1.82) is 0 Å². The number of H-pyrrole nitrogens is 1. The molecule has 0 saturated heterocycles. The molecule has 16 heavy (non-hydrogen) atoms. The van der Waals surface area contributed by atoms with Gasteiger partial charge in [-0.15, -0.1) is 0 Å². The van der Waals surface area contributed by atoms with Crippen LogP contribution in [0.25, 0.3) is 0 Å². The number of rotatable bonds is 3. The fraction of sp³-hybridized carbons (Fsp3) is 0.333. The topological polar surface area (TPSA) is 59.2 Å². The maximum absolute atomic E-state index is 12.6. The van der Waals surface area contributed by atoms with Crippen molar-refractivity contribution in [3.63, 3.8) is 0 Å². The standard InChI is InChI=1S/C9H8BrF2NO3/c1-16-6(14)2-4-5(8(11)12)3-13-9(15)7(4)10/h3,8H,2H2,1H3,(H,13,15). The number of pyridine rings is 1. The third kappa shape index (κ3) is 2.66. The molecule has 1 aromatic rings. The van der Waals surface area contributed by atoms with Crippen molar-refractivity contribution in [2.75, 3.05) is 7.11 Å². The zero-order chi connectivity index (χ0) is 12.3. The molecule has 0 radical (unpaired) electrons. The molecule has 7 heteroatoms. The molecule has 0 fully saturated rings. The van der Waals surface area contributed by atoms with Crippen LogP contribution in [0.5, 0.6) is 0 Å². The van der Waals surface area contributed by atoms with Gasteiger partial charge in [0.1, 0.15) is 0 Å². The molecule has 0 aliphatic heterocycles. The van der Waals surface area contributed by atoms with E-state index in [1.165, 1.54) is 0 Å². The van der Waals surface area contributed by atoms with Gasteiger partial charge in [-0.2, -0.15) is 0 Å². The molecule has 0 aliphatic carbocycles. The quantitative estimate of drug-likeness (QED) is 0.865. The van der Waals surface area contributed by atoms with Crippen molar-refractivity contribution < 1.29 is 18.3 Å². The Morgan fingerprint density at radius 3 is 2.75 bits per heavy atom. The number of halogens is 3. The Labute approximate surface area is 97.7 Å². The van der Waals surface area contributed by atoms with Gasteiger partial charge in [-0.3, -0.25) is 9.59 Å². The number of alkyl halides is 2. The van der Waals surface area contributed by atoms with Crippen LogP contribution in [0.4, 0.5) is 8.78 Å². The summed E-state index contributed by atoms with van der Waals surface area (Å²) in [6.45, 7) is 0. The van der Waals surface area contributed by atoms with Crippen LogP contribution < -0.4 is 5.56 Å². The molecule has 0 aromatic carbocycles. The lowest BCUT2D eigenvalue weighted by molar-refractivity contribution is -0.139. The molecule has 1 aromatic heterocycles. The monoisotopic (exact) mass is 295 g/mol. The van der Waals surface area contributed by atoms with Gasteiger partial charge < -0.3 is 9.72 Å². The Hall–Kier alpha value is -1.24. The summed E-state index contributed by atoms with van der Waals surface area (Å²) in [5.74, 6) is -0.687. The number of methoxy groups -OCH3 is 1. The molecule has 1 rings (SSSR count). The normalized spacial score (nSPS) is 10.6. The second kappa shape index (κ2) is 5.20. The molecular weight excluding hydrogens is 288 g/mol. The van der Waals surface area contributed by atoms with E-state index in [1.807, 2.05) is 0 Å². The third-order valence-corrected chi connectivity index (χ3v) is 2.79. The first-order valence-corrected chi connectivity index (χ1v) is 5.01. The van der Waals surface area contributed by atoms with E-state index in [0.29, 0.717) is 0 Å². The lowest BCUT2D eigenvalue weighted by Crippen LogP contribution is -2.15. The van der Waals surface area contributed by atoms with Crippen LogP contribution in [0, 0.1) is 0 Å². The average molecular weight is 296 g/mol. The van der Waals surface area contributed by atoms with E-state index in [0.717, 1.165) is 13.3 Å². The molecule has 0 saturated carbocycles. The number of aromatic amines is 1. The minimum atomic E-state index is -2.77. The molecular formula is C9H8BrF2NO3. The molecule has 0 bridgehead atoms. The molecule has 0 spiro atoms. The van der Waals surface area contributed by atoms with Crippen LogP contribution in [0.2, 0.25) is 0 Å². The van der Waals surface area contributed by atoms with Crippen LogP contribution >= 0.6 is 15.9 Å². The zero-order valence-corrected chi connectivity index (χ0v) is 9.81. The SMILES string of the molecule is COC(=O)Cc1c(C(F)F)c[nH]c(=O)c1Br. The highest BCUT2D eigenvalue weighted by Crippen LogP contribution is 2.26. The number of nitrogens with one attached hydrogen (secondary N) is 1. The van der Waals surface area contributed by atoms with Crippen molar-refractivity contribution >= 4 is 21.9 Å². The number of esters is 1. The Kier molecular flexibility index (Phi) is 4.17. The fourth-order valence-electron chi connectivity index (χ4n) is 1.15. The first-order chi connectivity index (χ1) is 7.47. The van der Waals surface area contributed by atoms with E-state index in [2.05, 4.69) is 25.7 Å². The minimum Gasteiger partial charge on any atom is -0.469 e. The molecule has 88 valence electrons. The summed E-state index contributed by atoms with van der Waals surface area (Å²) >= 11 is 2.87. The zero-order valence-electron chi connectivity index (χ0n) is 8.22. The maximum Gasteiger partial charge on any atom is 0.310 e. The largest absolute Gasteiger partial charge is 0.469 e. The van der Waals surface area contributed by atoms with E-state index in [4.69, 9.17) is 0 Å². The van der Waals surface area contributed by atoms with E-state index >= 15 is 0 Å². The van der Waals surface area contributed by atoms with Crippen LogP contribution in [-0.2, 0) is 16.0 Å². The number of hydrogen-bond acceptors (Lipinski definition) is 3. The Morgan fingerprint density at radius 2 is 2.25 bits per heavy atom. The van der Waals surface area contributed by atoms with Crippen LogP contribution in [0.3, 0.4) is 0 Å². The highest BCUT2D eigenvalue weighted by atomic mass is 79.9. The predicted molar refractivity (Wildman–Crippen MR) is 55.4 cm³/mol. The summed E-state index contributed by atoms with van der Waals surface area (Å²) in [4.78, 5) is 24.4. The fourth-order valence-corrected chi connectivity index (χ4v) is 1.63. The van der Waals surface area contributed by atoms with Gasteiger partial charge in [-0.25, -0.2) is 8.78 Å². The second-order valence-electron chi connectivity index (χ2n) is 2.92. The molecule has 0 atom stereocenters. The summed E-state index contributed by atoms with van der Waals surface area (Å²) in [6, 6.07) is 0. The number of ether oxygens (including phenoxy) is 1. The lowest BCUT2D eigenvalue weighted by Gasteiger charge is -2.08. The van der Waals surface area contributed by atoms with Crippen molar-refractivity contribution in [3.8, 4) is 0 Å². The molecule has 1 N–H and O–H groups in total. The summed E-state index contributed by atoms with van der Waals surface area (Å²) in [6.07, 6.45) is -2.25. The first-order valence-electron chi connectivity index (χ1n) is 4.22. The Morgan fingerprint density at radius 1 is 1.62 bits per heavy atom.